The fraction of sp³-hybridized carbons (Fsp3) is 1.00. The zero-order chi connectivity index (χ0) is 11.7. The summed E-state index contributed by atoms with van der Waals surface area (Å²) < 4.78 is 7.15. The van der Waals surface area contributed by atoms with Gasteiger partial charge in [-0.05, 0) is 48.3 Å². The van der Waals surface area contributed by atoms with Crippen molar-refractivity contribution in [1.82, 2.24) is 0 Å². The number of hydrogen-bond acceptors (Lipinski definition) is 0. The Bertz CT molecular complexity index is 193. The van der Waals surface area contributed by atoms with Crippen LogP contribution in [0.1, 0.15) is 68.6 Å². The van der Waals surface area contributed by atoms with Gasteiger partial charge in [0.15, 0.2) is 0 Å². The molecule has 0 radical (unpaired) electrons. The van der Waals surface area contributed by atoms with Gasteiger partial charge in [-0.15, -0.1) is 0 Å². The standard InChI is InChI=1S/2C7H14/c2*1-6-4-7(2,3)5-6/h2*6H,4-5H2,1-3H3/i2T;. The SMILES string of the molecule is CC1CC(C)(C)C1.[3H]CC1(C)CC(C)C1. The molecule has 0 bridgehead atoms. The molecule has 0 aliphatic heterocycles. The van der Waals surface area contributed by atoms with Gasteiger partial charge in [0.05, 0.1) is 0 Å². The average molecular weight is 198 g/mol. The molecule has 2 rings (SSSR count). The second-order valence-corrected chi connectivity index (χ2v) is 7.00. The van der Waals surface area contributed by atoms with Crippen molar-refractivity contribution < 1.29 is 1.37 Å². The molecule has 0 saturated heterocycles. The van der Waals surface area contributed by atoms with Crippen molar-refractivity contribution in [2.75, 3.05) is 0 Å². The minimum Gasteiger partial charge on any atom is -0.0625 e. The molecule has 0 heterocycles. The molecule has 2 aliphatic rings. The second kappa shape index (κ2) is 3.87. The summed E-state index contributed by atoms with van der Waals surface area (Å²) in [5, 5.41) is 0. The lowest BCUT2D eigenvalue weighted by molar-refractivity contribution is 0.111. The van der Waals surface area contributed by atoms with Gasteiger partial charge in [-0.1, -0.05) is 41.5 Å². The third-order valence-corrected chi connectivity index (χ3v) is 3.48. The van der Waals surface area contributed by atoms with Crippen molar-refractivity contribution in [2.45, 2.75) is 67.2 Å². The lowest BCUT2D eigenvalue weighted by Crippen LogP contribution is -2.29. The van der Waals surface area contributed by atoms with Gasteiger partial charge < -0.3 is 0 Å². The summed E-state index contributed by atoms with van der Waals surface area (Å²) in [6.07, 6.45) is 5.42. The predicted octanol–water partition coefficient (Wildman–Crippen LogP) is 4.89. The van der Waals surface area contributed by atoms with Crippen LogP contribution < -0.4 is 0 Å². The van der Waals surface area contributed by atoms with Gasteiger partial charge in [0.25, 0.3) is 0 Å². The van der Waals surface area contributed by atoms with Crippen LogP contribution in [0.2, 0.25) is 0 Å². The Morgan fingerprint density at radius 3 is 1.29 bits per heavy atom. The van der Waals surface area contributed by atoms with E-state index in [0.717, 1.165) is 11.8 Å². The molecule has 0 atom stereocenters. The molecule has 0 aromatic carbocycles. The van der Waals surface area contributed by atoms with Crippen molar-refractivity contribution >= 4 is 0 Å². The van der Waals surface area contributed by atoms with E-state index in [2.05, 4.69) is 34.6 Å². The van der Waals surface area contributed by atoms with Crippen LogP contribution in [-0.4, -0.2) is 0 Å². The largest absolute Gasteiger partial charge is 0.0625 e. The van der Waals surface area contributed by atoms with Gasteiger partial charge in [-0.2, -0.15) is 0 Å². The first-order chi connectivity index (χ1) is 6.76. The van der Waals surface area contributed by atoms with Crippen LogP contribution in [0.5, 0.6) is 0 Å². The van der Waals surface area contributed by atoms with E-state index in [-0.39, 0.29) is 0 Å². The molecule has 0 nitrogen and oxygen atoms in total. The lowest BCUT2D eigenvalue weighted by atomic mass is 9.65. The third kappa shape index (κ3) is 3.63. The maximum Gasteiger partial charge on any atom is 0.0236 e. The van der Waals surface area contributed by atoms with Gasteiger partial charge >= 0.3 is 0 Å². The summed E-state index contributed by atoms with van der Waals surface area (Å²) in [6, 6.07) is 0. The van der Waals surface area contributed by atoms with E-state index in [9.17, 15) is 0 Å². The summed E-state index contributed by atoms with van der Waals surface area (Å²) in [5.74, 6) is 1.90. The molecule has 0 aromatic heterocycles. The van der Waals surface area contributed by atoms with Gasteiger partial charge in [-0.25, -0.2) is 0 Å². The monoisotopic (exact) mass is 198 g/mol. The highest BCUT2D eigenvalue weighted by Crippen LogP contribution is 2.44. The van der Waals surface area contributed by atoms with Gasteiger partial charge in [0.1, 0.15) is 0 Å². The summed E-state index contributed by atoms with van der Waals surface area (Å²) in [4.78, 5) is 0. The molecule has 14 heavy (non-hydrogen) atoms. The van der Waals surface area contributed by atoms with Crippen LogP contribution in [0.3, 0.4) is 0 Å². The van der Waals surface area contributed by atoms with E-state index in [1.54, 1.807) is 0 Å². The average Bonchev–Trinajstić information content (AvgIpc) is 1.99. The fourth-order valence-corrected chi connectivity index (χ4v) is 3.45. The highest BCUT2D eigenvalue weighted by Gasteiger charge is 2.32. The summed E-state index contributed by atoms with van der Waals surface area (Å²) >= 11 is 0. The maximum atomic E-state index is 7.15. The Hall–Kier alpha value is 0. The summed E-state index contributed by atoms with van der Waals surface area (Å²) in [6.45, 7) is 12.1. The Morgan fingerprint density at radius 2 is 1.21 bits per heavy atom. The minimum atomic E-state index is 0.402. The predicted molar refractivity (Wildman–Crippen MR) is 64.4 cm³/mol. The van der Waals surface area contributed by atoms with Crippen LogP contribution in [0.4, 0.5) is 0 Å². The third-order valence-electron chi connectivity index (χ3n) is 3.48. The van der Waals surface area contributed by atoms with Gasteiger partial charge in [0.2, 0.25) is 0 Å². The second-order valence-electron chi connectivity index (χ2n) is 7.00. The first-order valence-corrected chi connectivity index (χ1v) is 6.06. The molecule has 0 N–H and O–H groups in total. The van der Waals surface area contributed by atoms with Crippen LogP contribution in [0.25, 0.3) is 0 Å². The van der Waals surface area contributed by atoms with Crippen molar-refractivity contribution in [1.29, 1.82) is 0 Å². The van der Waals surface area contributed by atoms with Crippen LogP contribution in [-0.2, 0) is 0 Å². The van der Waals surface area contributed by atoms with Crippen molar-refractivity contribution in [3.63, 3.8) is 0 Å². The van der Waals surface area contributed by atoms with Crippen LogP contribution in [0, 0.1) is 22.7 Å². The first kappa shape index (κ1) is 10.5. The summed E-state index contributed by atoms with van der Waals surface area (Å²) in [7, 11) is 0. The molecule has 84 valence electrons. The normalized spacial score (nSPS) is 41.2. The van der Waals surface area contributed by atoms with E-state index >= 15 is 0 Å². The van der Waals surface area contributed by atoms with Crippen LogP contribution in [0.15, 0.2) is 0 Å². The van der Waals surface area contributed by atoms with Crippen LogP contribution >= 0.6 is 0 Å². The minimum absolute atomic E-state index is 0.402. The lowest BCUT2D eigenvalue weighted by Gasteiger charge is -2.40. The van der Waals surface area contributed by atoms with Crippen molar-refractivity contribution in [3.05, 3.63) is 0 Å². The van der Waals surface area contributed by atoms with Crippen molar-refractivity contribution in [2.24, 2.45) is 22.7 Å². The topological polar surface area (TPSA) is 0 Å². The Morgan fingerprint density at radius 1 is 0.857 bits per heavy atom. The van der Waals surface area contributed by atoms with E-state index < -0.39 is 0 Å². The van der Waals surface area contributed by atoms with Crippen molar-refractivity contribution in [3.8, 4) is 0 Å². The molecule has 0 amide bonds. The summed E-state index contributed by atoms with van der Waals surface area (Å²) in [5.41, 5.74) is 1.10. The highest BCUT2D eigenvalue weighted by atomic mass is 14.4. The molecule has 2 fully saturated rings. The Balaban J connectivity index is 0.000000151. The fourth-order valence-electron chi connectivity index (χ4n) is 3.45. The quantitative estimate of drug-likeness (QED) is 0.520. The molecule has 0 aromatic rings. The van der Waals surface area contributed by atoms with E-state index in [1.165, 1.54) is 25.7 Å². The smallest absolute Gasteiger partial charge is 0.0236 e. The molecule has 2 saturated carbocycles. The van der Waals surface area contributed by atoms with Gasteiger partial charge in [-0.3, -0.25) is 0 Å². The van der Waals surface area contributed by atoms with E-state index in [0.29, 0.717) is 17.7 Å². The molecule has 0 heteroatoms. The Kier molecular flexibility index (Phi) is 2.91. The molecule has 2 aliphatic carbocycles. The van der Waals surface area contributed by atoms with E-state index in [1.807, 2.05) is 0 Å². The molecule has 0 spiro atoms. The molecular weight excluding hydrogens is 168 g/mol. The first-order valence-electron chi connectivity index (χ1n) is 6.76. The maximum absolute atomic E-state index is 7.15. The number of rotatable bonds is 0. The Labute approximate surface area is 91.9 Å². The molecular formula is C14H28. The molecule has 0 unspecified atom stereocenters. The van der Waals surface area contributed by atoms with E-state index in [4.69, 9.17) is 1.37 Å². The zero-order valence-corrected chi connectivity index (χ0v) is 10.7. The number of hydrogen-bond donors (Lipinski definition) is 0. The van der Waals surface area contributed by atoms with Gasteiger partial charge in [0, 0.05) is 1.37 Å². The zero-order valence-electron chi connectivity index (χ0n) is 11.7. The highest BCUT2D eigenvalue weighted by molar-refractivity contribution is 4.84.